The van der Waals surface area contributed by atoms with Crippen LogP contribution in [-0.2, 0) is 5.41 Å². The lowest BCUT2D eigenvalue weighted by molar-refractivity contribution is 0.436. The molecule has 0 amide bonds. The minimum Gasteiger partial charge on any atom is -0.457 e. The molecular weight excluding hydrogens is 585 g/mol. The molecule has 0 saturated heterocycles. The zero-order valence-electron chi connectivity index (χ0n) is 26.0. The predicted molar refractivity (Wildman–Crippen MR) is 193 cm³/mol. The van der Waals surface area contributed by atoms with Gasteiger partial charge < -0.3 is 4.74 Å². The first-order valence-corrected chi connectivity index (χ1v) is 16.3. The quantitative estimate of drug-likeness (QED) is 0.199. The third-order valence-electron chi connectivity index (χ3n) is 9.97. The van der Waals surface area contributed by atoms with E-state index in [9.17, 15) is 0 Å². The van der Waals surface area contributed by atoms with Crippen LogP contribution in [0.15, 0.2) is 170 Å². The second kappa shape index (κ2) is 10.3. The predicted octanol–water partition coefficient (Wildman–Crippen LogP) is 11.1. The van der Waals surface area contributed by atoms with Gasteiger partial charge in [0, 0.05) is 27.6 Å². The van der Waals surface area contributed by atoms with Crippen molar-refractivity contribution < 1.29 is 4.74 Å². The highest BCUT2D eigenvalue weighted by Gasteiger charge is 2.50. The van der Waals surface area contributed by atoms with Crippen LogP contribution in [0, 0.1) is 0 Å². The Kier molecular flexibility index (Phi) is 5.79. The number of nitrogens with zero attached hydrogens (tertiary/aromatic N) is 2. The van der Waals surface area contributed by atoms with Crippen molar-refractivity contribution in [2.45, 2.75) is 5.41 Å². The second-order valence-corrected chi connectivity index (χ2v) is 12.5. The molecular formula is C45H28N2O. The molecule has 48 heavy (non-hydrogen) atoms. The van der Waals surface area contributed by atoms with Crippen molar-refractivity contribution in [2.75, 3.05) is 0 Å². The summed E-state index contributed by atoms with van der Waals surface area (Å²) < 4.78 is 6.48. The third kappa shape index (κ3) is 3.82. The first kappa shape index (κ1) is 26.9. The molecule has 1 aliphatic carbocycles. The molecule has 0 saturated carbocycles. The normalized spacial score (nSPS) is 13.3. The molecule has 8 aromatic rings. The molecule has 1 aliphatic heterocycles. The molecule has 10 rings (SSSR count). The van der Waals surface area contributed by atoms with E-state index < -0.39 is 5.41 Å². The lowest BCUT2D eigenvalue weighted by Gasteiger charge is -2.39. The van der Waals surface area contributed by atoms with Crippen molar-refractivity contribution in [1.82, 2.24) is 9.97 Å². The number of hydrogen-bond donors (Lipinski definition) is 0. The summed E-state index contributed by atoms with van der Waals surface area (Å²) in [5.41, 5.74) is 13.3. The fourth-order valence-corrected chi connectivity index (χ4v) is 7.87. The summed E-state index contributed by atoms with van der Waals surface area (Å²) in [6.45, 7) is 0. The minimum atomic E-state index is -0.455. The van der Waals surface area contributed by atoms with Crippen molar-refractivity contribution in [3.63, 3.8) is 0 Å². The molecule has 3 nitrogen and oxygen atoms in total. The van der Waals surface area contributed by atoms with Crippen LogP contribution in [0.3, 0.4) is 0 Å². The molecule has 3 heteroatoms. The number of benzene rings is 7. The maximum atomic E-state index is 6.48. The van der Waals surface area contributed by atoms with Gasteiger partial charge in [0.1, 0.15) is 11.5 Å². The Morgan fingerprint density at radius 1 is 0.396 bits per heavy atom. The molecule has 0 unspecified atom stereocenters. The summed E-state index contributed by atoms with van der Waals surface area (Å²) in [5.74, 6) is 2.54. The topological polar surface area (TPSA) is 35.0 Å². The van der Waals surface area contributed by atoms with Crippen LogP contribution in [0.1, 0.15) is 22.3 Å². The molecule has 2 heterocycles. The second-order valence-electron chi connectivity index (χ2n) is 12.5. The Bertz CT molecular complexity index is 2490. The van der Waals surface area contributed by atoms with Gasteiger partial charge in [-0.3, -0.25) is 0 Å². The maximum absolute atomic E-state index is 6.48. The summed E-state index contributed by atoms with van der Waals surface area (Å²) >= 11 is 0. The van der Waals surface area contributed by atoms with Crippen molar-refractivity contribution in [1.29, 1.82) is 0 Å². The lowest BCUT2D eigenvalue weighted by atomic mass is 9.66. The van der Waals surface area contributed by atoms with Crippen molar-refractivity contribution in [3.05, 3.63) is 192 Å². The molecule has 0 radical (unpaired) electrons. The molecule has 7 aromatic carbocycles. The zero-order chi connectivity index (χ0) is 31.7. The number of rotatable bonds is 3. The third-order valence-corrected chi connectivity index (χ3v) is 9.97. The van der Waals surface area contributed by atoms with E-state index in [-0.39, 0.29) is 0 Å². The van der Waals surface area contributed by atoms with Gasteiger partial charge in [-0.2, -0.15) is 0 Å². The molecule has 0 bridgehead atoms. The Morgan fingerprint density at radius 3 is 1.75 bits per heavy atom. The lowest BCUT2D eigenvalue weighted by Crippen LogP contribution is -2.32. The highest BCUT2D eigenvalue weighted by atomic mass is 16.5. The fourth-order valence-electron chi connectivity index (χ4n) is 7.87. The summed E-state index contributed by atoms with van der Waals surface area (Å²) in [5, 5.41) is 1.05. The van der Waals surface area contributed by atoms with Crippen LogP contribution in [-0.4, -0.2) is 9.97 Å². The number of hydrogen-bond acceptors (Lipinski definition) is 3. The van der Waals surface area contributed by atoms with Gasteiger partial charge >= 0.3 is 0 Å². The maximum Gasteiger partial charge on any atom is 0.160 e. The highest BCUT2D eigenvalue weighted by Crippen LogP contribution is 2.62. The summed E-state index contributed by atoms with van der Waals surface area (Å²) in [6.07, 6.45) is 0. The first-order valence-electron chi connectivity index (χ1n) is 16.3. The van der Waals surface area contributed by atoms with E-state index in [1.165, 1.54) is 38.9 Å². The van der Waals surface area contributed by atoms with Crippen molar-refractivity contribution in [2.24, 2.45) is 0 Å². The molecule has 1 aromatic heterocycles. The van der Waals surface area contributed by atoms with E-state index in [1.54, 1.807) is 0 Å². The standard InChI is InChI=1S/C45H28N2O/c1-2-12-30(13-3-1)43-34-15-5-9-19-40(34)46-44(47-43)31-24-22-29(23-25-31)32-26-27-37-35(28-32)33-14-4-6-16-36(33)45(37)38-17-7-10-20-41(38)48-42-21-11-8-18-39(42)45/h1-28H. The van der Waals surface area contributed by atoms with E-state index in [2.05, 4.69) is 152 Å². The largest absolute Gasteiger partial charge is 0.457 e. The van der Waals surface area contributed by atoms with Crippen LogP contribution in [0.2, 0.25) is 0 Å². The van der Waals surface area contributed by atoms with Gasteiger partial charge in [0.25, 0.3) is 0 Å². The molecule has 224 valence electrons. The molecule has 2 aliphatic rings. The highest BCUT2D eigenvalue weighted by molar-refractivity contribution is 5.94. The van der Waals surface area contributed by atoms with Gasteiger partial charge in [-0.05, 0) is 57.6 Å². The smallest absolute Gasteiger partial charge is 0.160 e. The Labute approximate surface area is 278 Å². The molecule has 1 spiro atoms. The SMILES string of the molecule is c1ccc(-c2nc(-c3ccc(-c4ccc5c(c4)-c4ccccc4C54c5ccccc5Oc5ccccc54)cc3)nc3ccccc23)cc1. The van der Waals surface area contributed by atoms with E-state index in [0.29, 0.717) is 0 Å². The molecule has 0 atom stereocenters. The molecule has 0 N–H and O–H groups in total. The number of ether oxygens (including phenoxy) is 1. The summed E-state index contributed by atoms with van der Waals surface area (Å²) in [6, 6.07) is 60.0. The van der Waals surface area contributed by atoms with Gasteiger partial charge in [-0.1, -0.05) is 146 Å². The number of aromatic nitrogens is 2. The van der Waals surface area contributed by atoms with E-state index in [4.69, 9.17) is 14.7 Å². The van der Waals surface area contributed by atoms with Crippen molar-refractivity contribution in [3.8, 4) is 56.4 Å². The minimum absolute atomic E-state index is 0.455. The molecule has 0 fully saturated rings. The van der Waals surface area contributed by atoms with Crippen LogP contribution < -0.4 is 4.74 Å². The number of fused-ring (bicyclic) bond motifs is 10. The van der Waals surface area contributed by atoms with Gasteiger partial charge in [0.15, 0.2) is 5.82 Å². The van der Waals surface area contributed by atoms with Crippen molar-refractivity contribution >= 4 is 10.9 Å². The Hall–Kier alpha value is -6.32. The summed E-state index contributed by atoms with van der Waals surface area (Å²) in [7, 11) is 0. The van der Waals surface area contributed by atoms with Crippen LogP contribution in [0.25, 0.3) is 55.8 Å². The van der Waals surface area contributed by atoms with Gasteiger partial charge in [-0.25, -0.2) is 9.97 Å². The average molecular weight is 613 g/mol. The van der Waals surface area contributed by atoms with Gasteiger partial charge in [0.05, 0.1) is 16.6 Å². The van der Waals surface area contributed by atoms with E-state index in [0.717, 1.165) is 50.6 Å². The van der Waals surface area contributed by atoms with E-state index in [1.807, 2.05) is 18.2 Å². The average Bonchev–Trinajstić information content (AvgIpc) is 3.45. The first-order chi connectivity index (χ1) is 23.8. The zero-order valence-corrected chi connectivity index (χ0v) is 26.0. The Balaban J connectivity index is 1.10. The van der Waals surface area contributed by atoms with Gasteiger partial charge in [-0.15, -0.1) is 0 Å². The van der Waals surface area contributed by atoms with Gasteiger partial charge in [0.2, 0.25) is 0 Å². The monoisotopic (exact) mass is 612 g/mol. The van der Waals surface area contributed by atoms with E-state index >= 15 is 0 Å². The summed E-state index contributed by atoms with van der Waals surface area (Å²) in [4.78, 5) is 10.1. The van der Waals surface area contributed by atoms with Crippen LogP contribution in [0.4, 0.5) is 0 Å². The van der Waals surface area contributed by atoms with Crippen LogP contribution in [0.5, 0.6) is 11.5 Å². The number of para-hydroxylation sites is 3. The van der Waals surface area contributed by atoms with Crippen LogP contribution >= 0.6 is 0 Å². The fraction of sp³-hybridized carbons (Fsp3) is 0.0222. The Morgan fingerprint density at radius 2 is 0.979 bits per heavy atom.